The van der Waals surface area contributed by atoms with Gasteiger partial charge in [-0.2, -0.15) is 0 Å². The number of benzene rings is 1. The molecule has 3 rings (SSSR count). The highest BCUT2D eigenvalue weighted by Gasteiger charge is 2.56. The molecule has 0 aromatic heterocycles. The second kappa shape index (κ2) is 6.72. The highest BCUT2D eigenvalue weighted by atomic mass is 35.5. The first kappa shape index (κ1) is 18.4. The van der Waals surface area contributed by atoms with Gasteiger partial charge in [-0.05, 0) is 56.9 Å². The highest BCUT2D eigenvalue weighted by Crippen LogP contribution is 2.42. The lowest BCUT2D eigenvalue weighted by Crippen LogP contribution is -2.46. The van der Waals surface area contributed by atoms with Gasteiger partial charge in [0.2, 0.25) is 5.78 Å². The summed E-state index contributed by atoms with van der Waals surface area (Å²) in [5, 5.41) is 3.14. The van der Waals surface area contributed by atoms with Crippen molar-refractivity contribution in [3.8, 4) is 0 Å². The van der Waals surface area contributed by atoms with E-state index in [0.717, 1.165) is 17.7 Å². The Kier molecular flexibility index (Phi) is 4.75. The molecule has 0 radical (unpaired) electrons. The first-order valence-corrected chi connectivity index (χ1v) is 8.73. The average Bonchev–Trinajstić information content (AvgIpc) is 3.41. The van der Waals surface area contributed by atoms with Crippen LogP contribution in [0.4, 0.5) is 4.79 Å². The molecule has 26 heavy (non-hydrogen) atoms. The van der Waals surface area contributed by atoms with Crippen molar-refractivity contribution >= 4 is 35.3 Å². The fourth-order valence-corrected chi connectivity index (χ4v) is 3.19. The van der Waals surface area contributed by atoms with Crippen molar-refractivity contribution in [1.82, 2.24) is 10.2 Å². The summed E-state index contributed by atoms with van der Waals surface area (Å²) in [4.78, 5) is 49.8. The second-order valence-electron chi connectivity index (χ2n) is 6.80. The van der Waals surface area contributed by atoms with Crippen LogP contribution in [0.25, 0.3) is 0 Å². The van der Waals surface area contributed by atoms with Gasteiger partial charge >= 0.3 is 12.0 Å². The van der Waals surface area contributed by atoms with Gasteiger partial charge in [0.05, 0.1) is 0 Å². The maximum Gasteiger partial charge on any atom is 0.326 e. The smallest absolute Gasteiger partial charge is 0.326 e. The zero-order valence-electron chi connectivity index (χ0n) is 14.5. The van der Waals surface area contributed by atoms with Crippen LogP contribution in [0, 0.1) is 5.92 Å². The van der Waals surface area contributed by atoms with Gasteiger partial charge in [0, 0.05) is 10.6 Å². The lowest BCUT2D eigenvalue weighted by Gasteiger charge is -2.21. The van der Waals surface area contributed by atoms with Gasteiger partial charge in [0.1, 0.15) is 12.1 Å². The normalized spacial score (nSPS) is 23.6. The Morgan fingerprint density at radius 2 is 1.92 bits per heavy atom. The summed E-state index contributed by atoms with van der Waals surface area (Å²) in [6.45, 7) is 2.59. The second-order valence-corrected chi connectivity index (χ2v) is 7.24. The molecule has 1 N–H and O–H groups in total. The van der Waals surface area contributed by atoms with Gasteiger partial charge in [0.25, 0.3) is 5.91 Å². The van der Waals surface area contributed by atoms with Crippen LogP contribution in [0.1, 0.15) is 37.0 Å². The number of Topliss-reactive ketones (excluding diaryl/α,β-unsaturated/α-hetero) is 1. The molecule has 1 aliphatic carbocycles. The molecule has 2 fully saturated rings. The number of carbonyl (C=O) groups is 4. The van der Waals surface area contributed by atoms with Crippen molar-refractivity contribution in [1.29, 1.82) is 0 Å². The molecule has 8 heteroatoms. The Morgan fingerprint density at radius 1 is 1.31 bits per heavy atom. The summed E-state index contributed by atoms with van der Waals surface area (Å²) in [5.74, 6) is -1.54. The third kappa shape index (κ3) is 3.44. The van der Waals surface area contributed by atoms with Gasteiger partial charge < -0.3 is 10.1 Å². The highest BCUT2D eigenvalue weighted by molar-refractivity contribution is 6.30. The number of ketones is 1. The van der Waals surface area contributed by atoms with Crippen molar-refractivity contribution in [3.63, 3.8) is 0 Å². The van der Waals surface area contributed by atoms with Crippen molar-refractivity contribution in [3.05, 3.63) is 34.9 Å². The van der Waals surface area contributed by atoms with Crippen LogP contribution < -0.4 is 5.32 Å². The lowest BCUT2D eigenvalue weighted by atomic mass is 9.96. The molecule has 138 valence electrons. The minimum absolute atomic E-state index is 0.102. The Balaban J connectivity index is 1.60. The average molecular weight is 379 g/mol. The summed E-state index contributed by atoms with van der Waals surface area (Å²) in [7, 11) is 0. The Bertz CT molecular complexity index is 774. The maximum absolute atomic E-state index is 12.5. The fraction of sp³-hybridized carbons (Fsp3) is 0.444. The van der Waals surface area contributed by atoms with Crippen molar-refractivity contribution in [2.24, 2.45) is 5.92 Å². The number of carbonyl (C=O) groups excluding carboxylic acids is 4. The minimum atomic E-state index is -1.04. The van der Waals surface area contributed by atoms with Gasteiger partial charge in [-0.3, -0.25) is 19.3 Å². The van der Waals surface area contributed by atoms with Gasteiger partial charge in [-0.15, -0.1) is 0 Å². The molecular weight excluding hydrogens is 360 g/mol. The molecule has 7 nitrogen and oxygen atoms in total. The minimum Gasteiger partial charge on any atom is -0.453 e. The van der Waals surface area contributed by atoms with Gasteiger partial charge in [-0.25, -0.2) is 4.79 Å². The molecule has 2 unspecified atom stereocenters. The molecule has 0 spiro atoms. The molecule has 2 atom stereocenters. The number of rotatable bonds is 6. The first-order chi connectivity index (χ1) is 12.2. The van der Waals surface area contributed by atoms with E-state index in [1.54, 1.807) is 19.1 Å². The number of esters is 1. The molecular formula is C18H19ClN2O5. The van der Waals surface area contributed by atoms with Crippen LogP contribution in [-0.2, 0) is 14.3 Å². The number of urea groups is 1. The fourth-order valence-electron chi connectivity index (χ4n) is 3.06. The Hall–Kier alpha value is -2.41. The van der Waals surface area contributed by atoms with Crippen molar-refractivity contribution in [2.45, 2.75) is 38.3 Å². The number of nitrogens with zero attached hydrogens (tertiary/aromatic N) is 1. The zero-order chi connectivity index (χ0) is 19.1. The Morgan fingerprint density at radius 3 is 2.50 bits per heavy atom. The summed E-state index contributed by atoms with van der Waals surface area (Å²) < 4.78 is 5.10. The molecule has 0 bridgehead atoms. The van der Waals surface area contributed by atoms with Crippen LogP contribution in [0.15, 0.2) is 24.3 Å². The van der Waals surface area contributed by atoms with E-state index in [-0.39, 0.29) is 5.92 Å². The summed E-state index contributed by atoms with van der Waals surface area (Å²) in [6, 6.07) is 5.59. The van der Waals surface area contributed by atoms with Gasteiger partial charge in [0.15, 0.2) is 6.10 Å². The SMILES string of the molecule is CC(OC(=O)CN1C(=O)NC(C)(C2CC2)C1=O)C(=O)c1ccc(Cl)cc1. The van der Waals surface area contributed by atoms with Crippen LogP contribution in [0.2, 0.25) is 5.02 Å². The molecule has 1 aromatic carbocycles. The molecule has 1 saturated heterocycles. The van der Waals surface area contributed by atoms with Crippen molar-refractivity contribution in [2.75, 3.05) is 6.54 Å². The molecule has 1 aromatic rings. The van der Waals surface area contributed by atoms with Crippen molar-refractivity contribution < 1.29 is 23.9 Å². The number of hydrogen-bond acceptors (Lipinski definition) is 5. The zero-order valence-corrected chi connectivity index (χ0v) is 15.2. The number of imide groups is 1. The summed E-state index contributed by atoms with van der Waals surface area (Å²) >= 11 is 5.78. The van der Waals surface area contributed by atoms with Crippen LogP contribution >= 0.6 is 11.6 Å². The van der Waals surface area contributed by atoms with E-state index in [9.17, 15) is 19.2 Å². The largest absolute Gasteiger partial charge is 0.453 e. The van der Waals surface area contributed by atoms with Crippen LogP contribution in [-0.4, -0.2) is 46.8 Å². The lowest BCUT2D eigenvalue weighted by molar-refractivity contribution is -0.150. The number of ether oxygens (including phenoxy) is 1. The molecule has 1 saturated carbocycles. The molecule has 2 aliphatic rings. The number of nitrogens with one attached hydrogen (secondary N) is 1. The van der Waals surface area contributed by atoms with Crippen LogP contribution in [0.5, 0.6) is 0 Å². The molecule has 1 heterocycles. The number of hydrogen-bond donors (Lipinski definition) is 1. The van der Waals surface area contributed by atoms with E-state index in [0.29, 0.717) is 10.6 Å². The van der Waals surface area contributed by atoms with E-state index in [2.05, 4.69) is 5.32 Å². The van der Waals surface area contributed by atoms with E-state index in [4.69, 9.17) is 16.3 Å². The number of amides is 3. The third-order valence-electron chi connectivity index (χ3n) is 4.79. The maximum atomic E-state index is 12.5. The topological polar surface area (TPSA) is 92.8 Å². The predicted molar refractivity (Wildman–Crippen MR) is 92.7 cm³/mol. The quantitative estimate of drug-likeness (QED) is 0.465. The first-order valence-electron chi connectivity index (χ1n) is 8.35. The monoisotopic (exact) mass is 378 g/mol. The van der Waals surface area contributed by atoms with Crippen LogP contribution in [0.3, 0.4) is 0 Å². The van der Waals surface area contributed by atoms with Gasteiger partial charge in [-0.1, -0.05) is 11.6 Å². The molecule has 1 aliphatic heterocycles. The number of halogens is 1. The standard InChI is InChI=1S/C18H19ClN2O5/c1-10(15(23)11-3-7-13(19)8-4-11)26-14(22)9-21-16(24)18(2,12-5-6-12)20-17(21)25/h3-4,7-8,10,12H,5-6,9H2,1-2H3,(H,20,25). The Labute approximate surface area is 155 Å². The van der Waals surface area contributed by atoms with E-state index in [1.165, 1.54) is 19.1 Å². The van der Waals surface area contributed by atoms with E-state index >= 15 is 0 Å². The third-order valence-corrected chi connectivity index (χ3v) is 5.04. The van der Waals surface area contributed by atoms with E-state index in [1.807, 2.05) is 0 Å². The summed E-state index contributed by atoms with van der Waals surface area (Å²) in [6.07, 6.45) is 0.695. The van der Waals surface area contributed by atoms with E-state index < -0.39 is 41.9 Å². The summed E-state index contributed by atoms with van der Waals surface area (Å²) in [5.41, 5.74) is -0.603. The molecule has 3 amide bonds. The predicted octanol–water partition coefficient (Wildman–Crippen LogP) is 2.17.